The minimum absolute atomic E-state index is 0.688. The van der Waals surface area contributed by atoms with Crippen LogP contribution < -0.4 is 5.32 Å². The molecule has 0 aliphatic carbocycles. The number of aryl methyl sites for hydroxylation is 1. The van der Waals surface area contributed by atoms with Gasteiger partial charge in [-0.25, -0.2) is 4.98 Å². The van der Waals surface area contributed by atoms with Crippen molar-refractivity contribution in [2.45, 2.75) is 19.8 Å². The fraction of sp³-hybridized carbons (Fsp3) is 0.286. The highest BCUT2D eigenvalue weighted by atomic mass is 32.1. The maximum Gasteiger partial charge on any atom is 0.0991 e. The molecule has 1 heterocycles. The summed E-state index contributed by atoms with van der Waals surface area (Å²) in [5.41, 5.74) is 1.73. The van der Waals surface area contributed by atoms with Crippen molar-refractivity contribution in [1.29, 1.82) is 5.26 Å². The number of hydrogen-bond acceptors (Lipinski definition) is 4. The minimum atomic E-state index is 0.688. The molecule has 0 saturated carbocycles. The molecule has 4 heteroatoms. The quantitative estimate of drug-likeness (QED) is 0.894. The topological polar surface area (TPSA) is 48.7 Å². The average Bonchev–Trinajstić information content (AvgIpc) is 2.87. The Morgan fingerprint density at radius 1 is 1.33 bits per heavy atom. The van der Waals surface area contributed by atoms with Gasteiger partial charge in [0.25, 0.3) is 0 Å². The Labute approximate surface area is 111 Å². The van der Waals surface area contributed by atoms with E-state index in [-0.39, 0.29) is 0 Å². The van der Waals surface area contributed by atoms with E-state index >= 15 is 0 Å². The number of anilines is 1. The fourth-order valence-corrected chi connectivity index (χ4v) is 2.47. The van der Waals surface area contributed by atoms with Crippen LogP contribution in [0.4, 0.5) is 5.69 Å². The third-order valence-corrected chi connectivity index (χ3v) is 3.83. The van der Waals surface area contributed by atoms with Gasteiger partial charge in [0.1, 0.15) is 0 Å². The molecule has 0 fully saturated rings. The zero-order chi connectivity index (χ0) is 12.8. The van der Waals surface area contributed by atoms with Crippen molar-refractivity contribution in [3.8, 4) is 6.07 Å². The third-order valence-electron chi connectivity index (χ3n) is 2.63. The normalized spacial score (nSPS) is 10.0. The molecule has 0 amide bonds. The van der Waals surface area contributed by atoms with Crippen molar-refractivity contribution >= 4 is 17.0 Å². The zero-order valence-electron chi connectivity index (χ0n) is 10.3. The van der Waals surface area contributed by atoms with Gasteiger partial charge < -0.3 is 5.32 Å². The van der Waals surface area contributed by atoms with Crippen LogP contribution in [-0.2, 0) is 12.8 Å². The molecule has 0 spiro atoms. The molecule has 0 saturated heterocycles. The van der Waals surface area contributed by atoms with E-state index in [1.54, 1.807) is 11.3 Å². The van der Waals surface area contributed by atoms with E-state index in [9.17, 15) is 0 Å². The maximum absolute atomic E-state index is 8.70. The number of nitrogens with one attached hydrogen (secondary N) is 1. The molecular weight excluding hydrogens is 242 g/mol. The van der Waals surface area contributed by atoms with E-state index in [0.29, 0.717) is 5.56 Å². The highest BCUT2D eigenvalue weighted by Crippen LogP contribution is 2.14. The molecule has 0 bridgehead atoms. The number of benzene rings is 1. The van der Waals surface area contributed by atoms with Crippen LogP contribution in [0.2, 0.25) is 0 Å². The van der Waals surface area contributed by atoms with Gasteiger partial charge in [0.05, 0.1) is 16.6 Å². The third kappa shape index (κ3) is 3.31. The number of rotatable bonds is 5. The Balaban J connectivity index is 1.82. The maximum atomic E-state index is 8.70. The van der Waals surface area contributed by atoms with E-state index in [4.69, 9.17) is 5.26 Å². The van der Waals surface area contributed by atoms with E-state index in [2.05, 4.69) is 23.3 Å². The van der Waals surface area contributed by atoms with Crippen LogP contribution in [0.1, 0.15) is 22.4 Å². The van der Waals surface area contributed by atoms with Crippen LogP contribution in [0.3, 0.4) is 0 Å². The molecule has 1 aromatic heterocycles. The number of thiazole rings is 1. The Hall–Kier alpha value is -1.86. The molecule has 1 N–H and O–H groups in total. The van der Waals surface area contributed by atoms with Gasteiger partial charge in [0, 0.05) is 29.7 Å². The second kappa shape index (κ2) is 6.18. The summed E-state index contributed by atoms with van der Waals surface area (Å²) in [6.45, 7) is 3.01. The highest BCUT2D eigenvalue weighted by molar-refractivity contribution is 7.11. The molecule has 2 rings (SSSR count). The summed E-state index contributed by atoms with van der Waals surface area (Å²) in [5, 5.41) is 13.2. The monoisotopic (exact) mass is 257 g/mol. The lowest BCUT2D eigenvalue weighted by molar-refractivity contribution is 0.997. The smallest absolute Gasteiger partial charge is 0.0991 e. The Morgan fingerprint density at radius 2 is 2.11 bits per heavy atom. The molecule has 1 aromatic carbocycles. The summed E-state index contributed by atoms with van der Waals surface area (Å²) in [6.07, 6.45) is 3.95. The Kier molecular flexibility index (Phi) is 4.32. The SMILES string of the molecule is CCc1cnc(CCNc2ccc(C#N)cc2)s1. The van der Waals surface area contributed by atoms with Gasteiger partial charge in [0.15, 0.2) is 0 Å². The number of hydrogen-bond donors (Lipinski definition) is 1. The predicted octanol–water partition coefficient (Wildman–Crippen LogP) is 3.23. The molecule has 0 atom stereocenters. The van der Waals surface area contributed by atoms with E-state index < -0.39 is 0 Å². The summed E-state index contributed by atoms with van der Waals surface area (Å²) < 4.78 is 0. The lowest BCUT2D eigenvalue weighted by Gasteiger charge is -2.04. The van der Waals surface area contributed by atoms with Gasteiger partial charge in [-0.15, -0.1) is 11.3 Å². The second-order valence-electron chi connectivity index (χ2n) is 3.94. The number of nitrogens with zero attached hydrogens (tertiary/aromatic N) is 2. The fourth-order valence-electron chi connectivity index (χ4n) is 1.60. The standard InChI is InChI=1S/C14H15N3S/c1-2-13-10-17-14(18-13)7-8-16-12-5-3-11(9-15)4-6-12/h3-6,10,16H,2,7-8H2,1H3. The molecule has 0 radical (unpaired) electrons. The van der Waals surface area contributed by atoms with Crippen LogP contribution in [0.25, 0.3) is 0 Å². The molecule has 0 aliphatic heterocycles. The van der Waals surface area contributed by atoms with Gasteiger partial charge in [-0.2, -0.15) is 5.26 Å². The van der Waals surface area contributed by atoms with Crippen molar-refractivity contribution < 1.29 is 0 Å². The first-order valence-corrected chi connectivity index (χ1v) is 6.81. The van der Waals surface area contributed by atoms with Crippen molar-refractivity contribution in [3.63, 3.8) is 0 Å². The van der Waals surface area contributed by atoms with Crippen molar-refractivity contribution in [2.24, 2.45) is 0 Å². The van der Waals surface area contributed by atoms with E-state index in [1.807, 2.05) is 30.5 Å². The van der Waals surface area contributed by atoms with Gasteiger partial charge in [-0.3, -0.25) is 0 Å². The lowest BCUT2D eigenvalue weighted by atomic mass is 10.2. The first-order chi connectivity index (χ1) is 8.81. The van der Waals surface area contributed by atoms with Crippen LogP contribution in [0, 0.1) is 11.3 Å². The van der Waals surface area contributed by atoms with Gasteiger partial charge in [0.2, 0.25) is 0 Å². The first-order valence-electron chi connectivity index (χ1n) is 5.99. The zero-order valence-corrected chi connectivity index (χ0v) is 11.1. The summed E-state index contributed by atoms with van der Waals surface area (Å²) in [6, 6.07) is 9.61. The van der Waals surface area contributed by atoms with E-state index in [1.165, 1.54) is 9.88 Å². The summed E-state index contributed by atoms with van der Waals surface area (Å²) in [4.78, 5) is 5.72. The molecule has 92 valence electrons. The summed E-state index contributed by atoms with van der Waals surface area (Å²) >= 11 is 1.78. The Morgan fingerprint density at radius 3 is 2.72 bits per heavy atom. The highest BCUT2D eigenvalue weighted by Gasteiger charge is 2.00. The molecule has 0 unspecified atom stereocenters. The van der Waals surface area contributed by atoms with E-state index in [0.717, 1.165) is 25.1 Å². The Bertz CT molecular complexity index is 537. The molecular formula is C14H15N3S. The van der Waals surface area contributed by atoms with Crippen LogP contribution in [0.15, 0.2) is 30.5 Å². The lowest BCUT2D eigenvalue weighted by Crippen LogP contribution is -2.04. The van der Waals surface area contributed by atoms with Crippen molar-refractivity contribution in [1.82, 2.24) is 4.98 Å². The molecule has 18 heavy (non-hydrogen) atoms. The first kappa shape index (κ1) is 12.6. The predicted molar refractivity (Wildman–Crippen MR) is 74.8 cm³/mol. The van der Waals surface area contributed by atoms with Crippen molar-refractivity contribution in [3.05, 3.63) is 45.9 Å². The van der Waals surface area contributed by atoms with Gasteiger partial charge in [-0.05, 0) is 30.7 Å². The average molecular weight is 257 g/mol. The van der Waals surface area contributed by atoms with Crippen LogP contribution in [0.5, 0.6) is 0 Å². The molecule has 2 aromatic rings. The second-order valence-corrected chi connectivity index (χ2v) is 5.14. The number of nitriles is 1. The van der Waals surface area contributed by atoms with Crippen LogP contribution in [-0.4, -0.2) is 11.5 Å². The van der Waals surface area contributed by atoms with Crippen molar-refractivity contribution in [2.75, 3.05) is 11.9 Å². The molecule has 3 nitrogen and oxygen atoms in total. The summed E-state index contributed by atoms with van der Waals surface area (Å²) in [5.74, 6) is 0. The largest absolute Gasteiger partial charge is 0.385 e. The minimum Gasteiger partial charge on any atom is -0.385 e. The number of aromatic nitrogens is 1. The van der Waals surface area contributed by atoms with Gasteiger partial charge in [-0.1, -0.05) is 6.92 Å². The van der Waals surface area contributed by atoms with Gasteiger partial charge >= 0.3 is 0 Å². The van der Waals surface area contributed by atoms with Crippen LogP contribution >= 0.6 is 11.3 Å². The summed E-state index contributed by atoms with van der Waals surface area (Å²) in [7, 11) is 0. The molecule has 0 aliphatic rings.